The normalized spacial score (nSPS) is 39.5. The Morgan fingerprint density at radius 1 is 1.17 bits per heavy atom. The summed E-state index contributed by atoms with van der Waals surface area (Å²) >= 11 is 0. The lowest BCUT2D eigenvalue weighted by Crippen LogP contribution is -2.47. The van der Waals surface area contributed by atoms with Crippen LogP contribution < -0.4 is 5.32 Å². The van der Waals surface area contributed by atoms with E-state index < -0.39 is 0 Å². The van der Waals surface area contributed by atoms with E-state index in [9.17, 15) is 0 Å². The molecule has 2 aliphatic heterocycles. The number of ether oxygens (including phenoxy) is 1. The molecule has 18 heavy (non-hydrogen) atoms. The van der Waals surface area contributed by atoms with Crippen LogP contribution in [0.5, 0.6) is 0 Å². The lowest BCUT2D eigenvalue weighted by molar-refractivity contribution is 0.0419. The molecular weight excluding hydrogens is 224 g/mol. The number of hydrogen-bond donors (Lipinski definition) is 1. The zero-order valence-electron chi connectivity index (χ0n) is 11.7. The summed E-state index contributed by atoms with van der Waals surface area (Å²) in [5.74, 6) is 0.892. The highest BCUT2D eigenvalue weighted by Crippen LogP contribution is 2.40. The Kier molecular flexibility index (Phi) is 4.22. The van der Waals surface area contributed by atoms with E-state index in [1.54, 1.807) is 0 Å². The SMILES string of the molecule is CCC1CCN(C2CCOC2C2CC2)CCCN1. The van der Waals surface area contributed by atoms with Crippen LogP contribution in [0.15, 0.2) is 0 Å². The lowest BCUT2D eigenvalue weighted by Gasteiger charge is -2.35. The zero-order valence-corrected chi connectivity index (χ0v) is 11.7. The van der Waals surface area contributed by atoms with Crippen molar-refractivity contribution in [3.63, 3.8) is 0 Å². The molecule has 1 aliphatic carbocycles. The van der Waals surface area contributed by atoms with Crippen molar-refractivity contribution in [1.29, 1.82) is 0 Å². The van der Waals surface area contributed by atoms with Gasteiger partial charge in [-0.25, -0.2) is 0 Å². The maximum Gasteiger partial charge on any atom is 0.0759 e. The molecule has 3 atom stereocenters. The van der Waals surface area contributed by atoms with Gasteiger partial charge in [-0.2, -0.15) is 0 Å². The van der Waals surface area contributed by atoms with Crippen molar-refractivity contribution in [2.45, 2.75) is 63.6 Å². The Labute approximate surface area is 111 Å². The van der Waals surface area contributed by atoms with Crippen molar-refractivity contribution < 1.29 is 4.74 Å². The number of nitrogens with one attached hydrogen (secondary N) is 1. The first-order valence-electron chi connectivity index (χ1n) is 7.97. The summed E-state index contributed by atoms with van der Waals surface area (Å²) in [5.41, 5.74) is 0. The van der Waals surface area contributed by atoms with Gasteiger partial charge in [0.2, 0.25) is 0 Å². The Balaban J connectivity index is 1.59. The molecule has 0 aromatic carbocycles. The van der Waals surface area contributed by atoms with Gasteiger partial charge in [0.05, 0.1) is 6.10 Å². The molecule has 3 fully saturated rings. The standard InChI is InChI=1S/C15H28N2O/c1-2-13-6-10-17(9-3-8-16-13)14-7-11-18-15(14)12-4-5-12/h12-16H,2-11H2,1H3. The zero-order chi connectivity index (χ0) is 12.4. The summed E-state index contributed by atoms with van der Waals surface area (Å²) in [4.78, 5) is 2.75. The topological polar surface area (TPSA) is 24.5 Å². The molecule has 3 rings (SSSR count). The predicted octanol–water partition coefficient (Wildman–Crippen LogP) is 2.02. The highest BCUT2D eigenvalue weighted by atomic mass is 16.5. The van der Waals surface area contributed by atoms with E-state index in [0.29, 0.717) is 6.10 Å². The summed E-state index contributed by atoms with van der Waals surface area (Å²) in [6.45, 7) is 7.02. The third-order valence-electron chi connectivity index (χ3n) is 4.97. The molecule has 0 bridgehead atoms. The van der Waals surface area contributed by atoms with Gasteiger partial charge in [0.1, 0.15) is 0 Å². The van der Waals surface area contributed by atoms with Crippen molar-refractivity contribution in [1.82, 2.24) is 10.2 Å². The molecule has 2 saturated heterocycles. The van der Waals surface area contributed by atoms with Crippen molar-refractivity contribution in [3.05, 3.63) is 0 Å². The minimum Gasteiger partial charge on any atom is -0.376 e. The van der Waals surface area contributed by atoms with E-state index in [0.717, 1.165) is 24.6 Å². The summed E-state index contributed by atoms with van der Waals surface area (Å²) in [6.07, 6.45) is 8.53. The van der Waals surface area contributed by atoms with Crippen LogP contribution in [0.3, 0.4) is 0 Å². The molecule has 3 unspecified atom stereocenters. The molecule has 0 aromatic heterocycles. The fourth-order valence-electron chi connectivity index (χ4n) is 3.67. The lowest BCUT2D eigenvalue weighted by atomic mass is 10.0. The average molecular weight is 252 g/mol. The number of rotatable bonds is 3. The molecule has 0 radical (unpaired) electrons. The largest absolute Gasteiger partial charge is 0.376 e. The third-order valence-corrected chi connectivity index (χ3v) is 4.97. The van der Waals surface area contributed by atoms with Crippen molar-refractivity contribution in [2.24, 2.45) is 5.92 Å². The highest BCUT2D eigenvalue weighted by molar-refractivity contribution is 4.95. The minimum absolute atomic E-state index is 0.567. The van der Waals surface area contributed by atoms with Crippen molar-refractivity contribution >= 4 is 0 Å². The minimum atomic E-state index is 0.567. The summed E-state index contributed by atoms with van der Waals surface area (Å²) in [5, 5.41) is 3.67. The van der Waals surface area contributed by atoms with Gasteiger partial charge in [-0.3, -0.25) is 4.90 Å². The summed E-state index contributed by atoms with van der Waals surface area (Å²) in [7, 11) is 0. The van der Waals surface area contributed by atoms with Gasteiger partial charge in [-0.15, -0.1) is 0 Å². The van der Waals surface area contributed by atoms with E-state index in [2.05, 4.69) is 17.1 Å². The molecule has 3 nitrogen and oxygen atoms in total. The van der Waals surface area contributed by atoms with Crippen molar-refractivity contribution in [2.75, 3.05) is 26.2 Å². The molecular formula is C15H28N2O. The Morgan fingerprint density at radius 3 is 2.83 bits per heavy atom. The first-order valence-corrected chi connectivity index (χ1v) is 7.97. The van der Waals surface area contributed by atoms with E-state index >= 15 is 0 Å². The van der Waals surface area contributed by atoms with E-state index in [-0.39, 0.29) is 0 Å². The maximum atomic E-state index is 6.01. The molecule has 3 heteroatoms. The second-order valence-electron chi connectivity index (χ2n) is 6.27. The van der Waals surface area contributed by atoms with Crippen LogP contribution in [-0.4, -0.2) is 49.3 Å². The van der Waals surface area contributed by atoms with Crippen LogP contribution in [0.2, 0.25) is 0 Å². The van der Waals surface area contributed by atoms with Crippen LogP contribution in [0.4, 0.5) is 0 Å². The van der Waals surface area contributed by atoms with Gasteiger partial charge in [0.25, 0.3) is 0 Å². The van der Waals surface area contributed by atoms with Gasteiger partial charge < -0.3 is 10.1 Å². The Hall–Kier alpha value is -0.120. The second-order valence-corrected chi connectivity index (χ2v) is 6.27. The van der Waals surface area contributed by atoms with Crippen LogP contribution >= 0.6 is 0 Å². The van der Waals surface area contributed by atoms with Gasteiger partial charge in [-0.1, -0.05) is 6.92 Å². The molecule has 0 aromatic rings. The maximum absolute atomic E-state index is 6.01. The van der Waals surface area contributed by atoms with Gasteiger partial charge in [-0.05, 0) is 57.5 Å². The smallest absolute Gasteiger partial charge is 0.0759 e. The van der Waals surface area contributed by atoms with Crippen LogP contribution in [0.25, 0.3) is 0 Å². The van der Waals surface area contributed by atoms with Gasteiger partial charge in [0, 0.05) is 25.2 Å². The predicted molar refractivity (Wildman–Crippen MR) is 73.8 cm³/mol. The first-order chi connectivity index (χ1) is 8.88. The van der Waals surface area contributed by atoms with Crippen LogP contribution in [-0.2, 0) is 4.74 Å². The Morgan fingerprint density at radius 2 is 2.06 bits per heavy atom. The van der Waals surface area contributed by atoms with Gasteiger partial charge >= 0.3 is 0 Å². The summed E-state index contributed by atoms with van der Waals surface area (Å²) in [6, 6.07) is 1.46. The molecule has 104 valence electrons. The third kappa shape index (κ3) is 2.89. The number of nitrogens with zero attached hydrogens (tertiary/aromatic N) is 1. The molecule has 2 heterocycles. The average Bonchev–Trinajstić information content (AvgIpc) is 3.09. The van der Waals surface area contributed by atoms with Crippen LogP contribution in [0.1, 0.15) is 45.4 Å². The first kappa shape index (κ1) is 12.9. The monoisotopic (exact) mass is 252 g/mol. The quantitative estimate of drug-likeness (QED) is 0.831. The molecule has 3 aliphatic rings. The summed E-state index contributed by atoms with van der Waals surface area (Å²) < 4.78 is 6.01. The fraction of sp³-hybridized carbons (Fsp3) is 1.00. The molecule has 0 spiro atoms. The molecule has 0 amide bonds. The molecule has 1 saturated carbocycles. The fourth-order valence-corrected chi connectivity index (χ4v) is 3.67. The number of hydrogen-bond acceptors (Lipinski definition) is 3. The Bertz CT molecular complexity index is 267. The highest BCUT2D eigenvalue weighted by Gasteiger charge is 2.42. The van der Waals surface area contributed by atoms with E-state index in [1.165, 1.54) is 58.2 Å². The second kappa shape index (κ2) is 5.89. The van der Waals surface area contributed by atoms with Crippen LogP contribution in [0, 0.1) is 5.92 Å². The molecule has 1 N–H and O–H groups in total. The van der Waals surface area contributed by atoms with E-state index in [4.69, 9.17) is 4.74 Å². The van der Waals surface area contributed by atoms with E-state index in [1.807, 2.05) is 0 Å². The van der Waals surface area contributed by atoms with Gasteiger partial charge in [0.15, 0.2) is 0 Å². The van der Waals surface area contributed by atoms with Crippen molar-refractivity contribution in [3.8, 4) is 0 Å².